The van der Waals surface area contributed by atoms with Crippen molar-refractivity contribution < 1.29 is 4.79 Å². The summed E-state index contributed by atoms with van der Waals surface area (Å²) < 4.78 is 1.71. The molecule has 138 valence electrons. The monoisotopic (exact) mass is 389 g/mol. The average Bonchev–Trinajstić information content (AvgIpc) is 3.19. The molecule has 28 heavy (non-hydrogen) atoms. The van der Waals surface area contributed by atoms with Crippen LogP contribution in [-0.4, -0.2) is 25.7 Å². The number of hydrogen-bond donors (Lipinski definition) is 1. The van der Waals surface area contributed by atoms with E-state index in [9.17, 15) is 4.79 Å². The Balaban J connectivity index is 1.68. The van der Waals surface area contributed by atoms with Crippen LogP contribution in [0, 0.1) is 0 Å². The predicted molar refractivity (Wildman–Crippen MR) is 107 cm³/mol. The molecule has 1 amide bonds. The minimum atomic E-state index is -0.257. The van der Waals surface area contributed by atoms with Crippen molar-refractivity contribution in [3.8, 4) is 16.9 Å². The number of rotatable bonds is 5. The van der Waals surface area contributed by atoms with Crippen molar-refractivity contribution in [1.82, 2.24) is 25.1 Å². The Kier molecular flexibility index (Phi) is 5.12. The van der Waals surface area contributed by atoms with Crippen LogP contribution in [0.5, 0.6) is 0 Å². The maximum absolute atomic E-state index is 12.7. The molecule has 4 aromatic rings. The van der Waals surface area contributed by atoms with Crippen LogP contribution < -0.4 is 5.32 Å². The van der Waals surface area contributed by atoms with E-state index in [1.807, 2.05) is 36.4 Å². The second kappa shape index (κ2) is 8.02. The maximum atomic E-state index is 12.7. The number of aromatic nitrogens is 4. The fraction of sp³-hybridized carbons (Fsp3) is 0.0476. The van der Waals surface area contributed by atoms with Crippen molar-refractivity contribution in [3.63, 3.8) is 0 Å². The van der Waals surface area contributed by atoms with Gasteiger partial charge in [-0.25, -0.2) is 4.68 Å². The zero-order valence-electron chi connectivity index (χ0n) is 14.8. The van der Waals surface area contributed by atoms with Gasteiger partial charge in [0.05, 0.1) is 11.4 Å². The highest BCUT2D eigenvalue weighted by Gasteiger charge is 2.17. The number of halogens is 1. The molecular formula is C21H16ClN5O. The summed E-state index contributed by atoms with van der Waals surface area (Å²) in [5.74, 6) is -0.257. The lowest BCUT2D eigenvalue weighted by molar-refractivity contribution is 0.0945. The van der Waals surface area contributed by atoms with Gasteiger partial charge in [-0.05, 0) is 54.1 Å². The first-order valence-electron chi connectivity index (χ1n) is 8.64. The molecular weight excluding hydrogens is 374 g/mol. The summed E-state index contributed by atoms with van der Waals surface area (Å²) in [5, 5.41) is 8.01. The van der Waals surface area contributed by atoms with Gasteiger partial charge in [0.1, 0.15) is 0 Å². The number of pyridine rings is 2. The van der Waals surface area contributed by atoms with Crippen molar-refractivity contribution in [3.05, 3.63) is 95.7 Å². The molecule has 0 saturated carbocycles. The summed E-state index contributed by atoms with van der Waals surface area (Å²) in [5.41, 5.74) is 3.73. The third-order valence-corrected chi connectivity index (χ3v) is 4.41. The number of carbonyl (C=O) groups excluding carboxylic acids is 1. The number of nitrogens with one attached hydrogen (secondary N) is 1. The van der Waals surface area contributed by atoms with Gasteiger partial charge in [-0.15, -0.1) is 0 Å². The van der Waals surface area contributed by atoms with Crippen LogP contribution in [0.25, 0.3) is 16.9 Å². The first kappa shape index (κ1) is 17.9. The van der Waals surface area contributed by atoms with E-state index < -0.39 is 0 Å². The number of benzene rings is 1. The van der Waals surface area contributed by atoms with E-state index in [0.29, 0.717) is 17.3 Å². The van der Waals surface area contributed by atoms with Gasteiger partial charge in [0.25, 0.3) is 5.91 Å². The summed E-state index contributed by atoms with van der Waals surface area (Å²) in [6.07, 6.45) is 6.79. The summed E-state index contributed by atoms with van der Waals surface area (Å²) in [6.45, 7) is 0.399. The molecule has 0 spiro atoms. The van der Waals surface area contributed by atoms with Gasteiger partial charge in [-0.1, -0.05) is 17.7 Å². The minimum Gasteiger partial charge on any atom is -0.347 e. The van der Waals surface area contributed by atoms with Crippen molar-refractivity contribution >= 4 is 17.5 Å². The van der Waals surface area contributed by atoms with Crippen LogP contribution in [0.15, 0.2) is 79.4 Å². The lowest BCUT2D eigenvalue weighted by atomic mass is 10.2. The molecule has 0 bridgehead atoms. The standard InChI is InChI=1S/C21H16ClN5O/c22-17-2-1-3-18(12-17)27-20(16-6-10-24-11-7-16)13-19(26-27)21(28)25-14-15-4-8-23-9-5-15/h1-13H,14H2,(H,25,28). The molecule has 3 heterocycles. The third-order valence-electron chi connectivity index (χ3n) is 4.17. The van der Waals surface area contributed by atoms with Crippen molar-refractivity contribution in [2.24, 2.45) is 0 Å². The second-order valence-electron chi connectivity index (χ2n) is 6.08. The Labute approximate surface area is 166 Å². The molecule has 0 unspecified atom stereocenters. The first-order valence-corrected chi connectivity index (χ1v) is 9.02. The summed E-state index contributed by atoms with van der Waals surface area (Å²) in [6, 6.07) is 16.5. The van der Waals surface area contributed by atoms with Gasteiger partial charge in [0.2, 0.25) is 0 Å². The number of amides is 1. The number of carbonyl (C=O) groups is 1. The molecule has 1 N–H and O–H groups in total. The van der Waals surface area contributed by atoms with Gasteiger partial charge in [-0.3, -0.25) is 14.8 Å². The maximum Gasteiger partial charge on any atom is 0.272 e. The average molecular weight is 390 g/mol. The molecule has 6 nitrogen and oxygen atoms in total. The second-order valence-corrected chi connectivity index (χ2v) is 6.52. The van der Waals surface area contributed by atoms with Gasteiger partial charge >= 0.3 is 0 Å². The Morgan fingerprint density at radius 2 is 1.68 bits per heavy atom. The van der Waals surface area contributed by atoms with Crippen molar-refractivity contribution in [1.29, 1.82) is 0 Å². The molecule has 3 aromatic heterocycles. The normalized spacial score (nSPS) is 10.6. The lowest BCUT2D eigenvalue weighted by Gasteiger charge is -2.07. The molecule has 0 saturated heterocycles. The molecule has 0 atom stereocenters. The van der Waals surface area contributed by atoms with E-state index in [2.05, 4.69) is 20.4 Å². The molecule has 0 radical (unpaired) electrons. The zero-order valence-corrected chi connectivity index (χ0v) is 15.5. The van der Waals surface area contributed by atoms with Gasteiger partial charge in [-0.2, -0.15) is 5.10 Å². The summed E-state index contributed by atoms with van der Waals surface area (Å²) in [7, 11) is 0. The van der Waals surface area contributed by atoms with Crippen LogP contribution in [0.3, 0.4) is 0 Å². The van der Waals surface area contributed by atoms with E-state index in [1.165, 1.54) is 0 Å². The summed E-state index contributed by atoms with van der Waals surface area (Å²) >= 11 is 6.14. The number of nitrogens with zero attached hydrogens (tertiary/aromatic N) is 4. The van der Waals surface area contributed by atoms with Crippen LogP contribution in [0.4, 0.5) is 0 Å². The van der Waals surface area contributed by atoms with Gasteiger partial charge in [0.15, 0.2) is 5.69 Å². The van der Waals surface area contributed by atoms with Crippen LogP contribution in [0.2, 0.25) is 5.02 Å². The third kappa shape index (κ3) is 3.92. The highest BCUT2D eigenvalue weighted by Crippen LogP contribution is 2.25. The molecule has 1 aromatic carbocycles. The van der Waals surface area contributed by atoms with E-state index in [-0.39, 0.29) is 5.91 Å². The van der Waals surface area contributed by atoms with E-state index >= 15 is 0 Å². The van der Waals surface area contributed by atoms with Crippen LogP contribution in [-0.2, 0) is 6.54 Å². The smallest absolute Gasteiger partial charge is 0.272 e. The SMILES string of the molecule is O=C(NCc1ccncc1)c1cc(-c2ccncc2)n(-c2cccc(Cl)c2)n1. The Bertz CT molecular complexity index is 1100. The highest BCUT2D eigenvalue weighted by atomic mass is 35.5. The Hall–Kier alpha value is -3.51. The fourth-order valence-electron chi connectivity index (χ4n) is 2.80. The van der Waals surface area contributed by atoms with E-state index in [4.69, 9.17) is 11.6 Å². The lowest BCUT2D eigenvalue weighted by Crippen LogP contribution is -2.23. The van der Waals surface area contributed by atoms with Crippen LogP contribution >= 0.6 is 11.6 Å². The molecule has 0 aliphatic heterocycles. The Morgan fingerprint density at radius 3 is 2.39 bits per heavy atom. The highest BCUT2D eigenvalue weighted by molar-refractivity contribution is 6.30. The number of hydrogen-bond acceptors (Lipinski definition) is 4. The zero-order chi connectivity index (χ0) is 19.3. The molecule has 0 fully saturated rings. The van der Waals surface area contributed by atoms with Crippen molar-refractivity contribution in [2.75, 3.05) is 0 Å². The Morgan fingerprint density at radius 1 is 0.964 bits per heavy atom. The molecule has 0 aliphatic rings. The van der Waals surface area contributed by atoms with E-state index in [0.717, 1.165) is 22.5 Å². The quantitative estimate of drug-likeness (QED) is 0.561. The summed E-state index contributed by atoms with van der Waals surface area (Å²) in [4.78, 5) is 20.7. The minimum absolute atomic E-state index is 0.257. The molecule has 0 aliphatic carbocycles. The molecule has 7 heteroatoms. The van der Waals surface area contributed by atoms with Gasteiger partial charge < -0.3 is 5.32 Å². The first-order chi connectivity index (χ1) is 13.7. The van der Waals surface area contributed by atoms with E-state index in [1.54, 1.807) is 47.7 Å². The fourth-order valence-corrected chi connectivity index (χ4v) is 2.98. The van der Waals surface area contributed by atoms with Crippen molar-refractivity contribution in [2.45, 2.75) is 6.54 Å². The van der Waals surface area contributed by atoms with Crippen LogP contribution in [0.1, 0.15) is 16.1 Å². The van der Waals surface area contributed by atoms with Gasteiger partial charge in [0, 0.05) is 41.9 Å². The largest absolute Gasteiger partial charge is 0.347 e. The topological polar surface area (TPSA) is 72.7 Å². The predicted octanol–water partition coefficient (Wildman–Crippen LogP) is 3.91. The molecule has 4 rings (SSSR count).